The van der Waals surface area contributed by atoms with E-state index >= 15 is 0 Å². The summed E-state index contributed by atoms with van der Waals surface area (Å²) in [5.74, 6) is -0.224. The standard InChI is InChI=1S/C11H10N2O2/c1-8(14)12-13-11-7-6-9-4-2-3-5-10(9)15-11/h2-7H,1H3,(H,12,14)/b13-11-. The van der Waals surface area contributed by atoms with Gasteiger partial charge in [0.05, 0.1) is 0 Å². The van der Waals surface area contributed by atoms with Crippen LogP contribution >= 0.6 is 0 Å². The molecule has 1 heterocycles. The third-order valence-corrected chi connectivity index (χ3v) is 1.86. The lowest BCUT2D eigenvalue weighted by atomic mass is 10.2. The van der Waals surface area contributed by atoms with Gasteiger partial charge in [-0.3, -0.25) is 4.79 Å². The van der Waals surface area contributed by atoms with Crippen molar-refractivity contribution in [2.75, 3.05) is 0 Å². The number of carbonyl (C=O) groups excluding carboxylic acids is 1. The number of para-hydroxylation sites is 1. The van der Waals surface area contributed by atoms with Crippen molar-refractivity contribution in [3.8, 4) is 0 Å². The van der Waals surface area contributed by atoms with Gasteiger partial charge >= 0.3 is 0 Å². The zero-order valence-electron chi connectivity index (χ0n) is 8.23. The van der Waals surface area contributed by atoms with E-state index in [0.29, 0.717) is 5.55 Å². The van der Waals surface area contributed by atoms with Crippen molar-refractivity contribution in [1.29, 1.82) is 0 Å². The molecule has 4 heteroatoms. The van der Waals surface area contributed by atoms with Gasteiger partial charge in [-0.05, 0) is 12.1 Å². The van der Waals surface area contributed by atoms with E-state index in [1.54, 1.807) is 6.07 Å². The summed E-state index contributed by atoms with van der Waals surface area (Å²) < 4.78 is 5.43. The van der Waals surface area contributed by atoms with Crippen LogP contribution in [0.2, 0.25) is 0 Å². The van der Waals surface area contributed by atoms with Crippen LogP contribution in [0.5, 0.6) is 0 Å². The summed E-state index contributed by atoms with van der Waals surface area (Å²) in [5.41, 5.74) is 3.44. The molecule has 76 valence electrons. The van der Waals surface area contributed by atoms with Gasteiger partial charge in [0.2, 0.25) is 11.5 Å². The number of fused-ring (bicyclic) bond motifs is 1. The van der Waals surface area contributed by atoms with Crippen molar-refractivity contribution < 1.29 is 9.21 Å². The number of benzene rings is 1. The molecule has 1 aromatic carbocycles. The smallest absolute Gasteiger partial charge is 0.237 e. The summed E-state index contributed by atoms with van der Waals surface area (Å²) >= 11 is 0. The average molecular weight is 202 g/mol. The minimum atomic E-state index is -0.224. The maximum Gasteiger partial charge on any atom is 0.237 e. The number of hydrogen-bond acceptors (Lipinski definition) is 3. The van der Waals surface area contributed by atoms with Crippen molar-refractivity contribution in [3.05, 3.63) is 42.0 Å². The lowest BCUT2D eigenvalue weighted by molar-refractivity contribution is -0.119. The normalized spacial score (nSPS) is 11.7. The Morgan fingerprint density at radius 2 is 2.07 bits per heavy atom. The lowest BCUT2D eigenvalue weighted by Crippen LogP contribution is -2.17. The molecule has 0 radical (unpaired) electrons. The van der Waals surface area contributed by atoms with Gasteiger partial charge in [0, 0.05) is 18.4 Å². The van der Waals surface area contributed by atoms with Gasteiger partial charge in [0.1, 0.15) is 5.58 Å². The third kappa shape index (κ3) is 2.22. The second kappa shape index (κ2) is 3.96. The van der Waals surface area contributed by atoms with Crippen LogP contribution in [-0.2, 0) is 4.79 Å². The molecule has 1 N–H and O–H groups in total. The Kier molecular flexibility index (Phi) is 2.49. The molecule has 2 aromatic rings. The molecule has 1 aromatic heterocycles. The van der Waals surface area contributed by atoms with E-state index in [0.717, 1.165) is 11.0 Å². The highest BCUT2D eigenvalue weighted by atomic mass is 16.3. The number of amides is 1. The Labute approximate surface area is 86.2 Å². The average Bonchev–Trinajstić information content (AvgIpc) is 2.26. The zero-order chi connectivity index (χ0) is 10.7. The molecule has 15 heavy (non-hydrogen) atoms. The summed E-state index contributed by atoms with van der Waals surface area (Å²) in [6, 6.07) is 11.2. The second-order valence-corrected chi connectivity index (χ2v) is 3.09. The molecule has 0 unspecified atom stereocenters. The molecule has 0 spiro atoms. The number of nitrogens with one attached hydrogen (secondary N) is 1. The van der Waals surface area contributed by atoms with E-state index in [9.17, 15) is 4.79 Å². The minimum Gasteiger partial charge on any atom is -0.437 e. The molecule has 4 nitrogen and oxygen atoms in total. The zero-order valence-corrected chi connectivity index (χ0v) is 8.23. The molecule has 0 aliphatic rings. The van der Waals surface area contributed by atoms with E-state index in [1.807, 2.05) is 30.3 Å². The highest BCUT2D eigenvalue weighted by Crippen LogP contribution is 2.09. The summed E-state index contributed by atoms with van der Waals surface area (Å²) in [7, 11) is 0. The van der Waals surface area contributed by atoms with Gasteiger partial charge in [-0.2, -0.15) is 0 Å². The monoisotopic (exact) mass is 202 g/mol. The topological polar surface area (TPSA) is 54.6 Å². The quantitative estimate of drug-likeness (QED) is 0.710. The molecule has 2 rings (SSSR count). The van der Waals surface area contributed by atoms with Gasteiger partial charge in [-0.15, -0.1) is 5.10 Å². The Balaban J connectivity index is 2.47. The molecular weight excluding hydrogens is 192 g/mol. The Hall–Kier alpha value is -2.10. The van der Waals surface area contributed by atoms with Crippen molar-refractivity contribution in [1.82, 2.24) is 5.43 Å². The van der Waals surface area contributed by atoms with Crippen LogP contribution < -0.4 is 11.0 Å². The summed E-state index contributed by atoms with van der Waals surface area (Å²) in [4.78, 5) is 10.6. The summed E-state index contributed by atoms with van der Waals surface area (Å²) in [6.45, 7) is 1.39. The first-order valence-electron chi connectivity index (χ1n) is 4.55. The van der Waals surface area contributed by atoms with Gasteiger partial charge in [-0.25, -0.2) is 5.43 Å². The maximum atomic E-state index is 10.6. The molecule has 0 atom stereocenters. The largest absolute Gasteiger partial charge is 0.437 e. The Morgan fingerprint density at radius 3 is 2.87 bits per heavy atom. The number of nitrogens with zero attached hydrogens (tertiary/aromatic N) is 1. The predicted molar refractivity (Wildman–Crippen MR) is 55.6 cm³/mol. The SMILES string of the molecule is CC(=O)N/N=c1/ccc2ccccc2o1. The molecule has 0 fully saturated rings. The first-order valence-corrected chi connectivity index (χ1v) is 4.55. The van der Waals surface area contributed by atoms with E-state index in [4.69, 9.17) is 4.42 Å². The highest BCUT2D eigenvalue weighted by molar-refractivity contribution is 5.75. The first-order chi connectivity index (χ1) is 7.25. The fourth-order valence-electron chi connectivity index (χ4n) is 1.21. The van der Waals surface area contributed by atoms with E-state index in [-0.39, 0.29) is 5.91 Å². The molecule has 1 amide bonds. The van der Waals surface area contributed by atoms with Gasteiger partial charge < -0.3 is 4.42 Å². The lowest BCUT2D eigenvalue weighted by Gasteiger charge is -1.95. The van der Waals surface area contributed by atoms with Gasteiger partial charge in [0.15, 0.2) is 0 Å². The minimum absolute atomic E-state index is 0.224. The van der Waals surface area contributed by atoms with Gasteiger partial charge in [0.25, 0.3) is 0 Å². The maximum absolute atomic E-state index is 10.6. The number of hydrogen-bond donors (Lipinski definition) is 1. The Bertz CT molecular complexity index is 558. The summed E-state index contributed by atoms with van der Waals surface area (Å²) in [5, 5.41) is 4.79. The predicted octanol–water partition coefficient (Wildman–Crippen LogP) is 1.38. The van der Waals surface area contributed by atoms with E-state index < -0.39 is 0 Å². The molecule has 0 saturated carbocycles. The van der Waals surface area contributed by atoms with Crippen LogP contribution in [0, 0.1) is 0 Å². The van der Waals surface area contributed by atoms with Crippen molar-refractivity contribution in [2.45, 2.75) is 6.92 Å². The second-order valence-electron chi connectivity index (χ2n) is 3.09. The highest BCUT2D eigenvalue weighted by Gasteiger charge is 1.93. The Morgan fingerprint density at radius 1 is 1.27 bits per heavy atom. The van der Waals surface area contributed by atoms with Crippen LogP contribution in [0.4, 0.5) is 0 Å². The van der Waals surface area contributed by atoms with E-state index in [1.165, 1.54) is 6.92 Å². The molecular formula is C11H10N2O2. The van der Waals surface area contributed by atoms with Crippen LogP contribution in [0.25, 0.3) is 11.0 Å². The van der Waals surface area contributed by atoms with Crippen LogP contribution in [0.15, 0.2) is 45.9 Å². The fourth-order valence-corrected chi connectivity index (χ4v) is 1.21. The van der Waals surface area contributed by atoms with E-state index in [2.05, 4.69) is 10.5 Å². The van der Waals surface area contributed by atoms with Crippen LogP contribution in [0.1, 0.15) is 6.92 Å². The number of carbonyl (C=O) groups is 1. The molecule has 0 saturated heterocycles. The van der Waals surface area contributed by atoms with Crippen LogP contribution in [-0.4, -0.2) is 5.91 Å². The van der Waals surface area contributed by atoms with Gasteiger partial charge in [-0.1, -0.05) is 18.2 Å². The summed E-state index contributed by atoms with van der Waals surface area (Å²) in [6.07, 6.45) is 0. The van der Waals surface area contributed by atoms with Crippen molar-refractivity contribution in [3.63, 3.8) is 0 Å². The fraction of sp³-hybridized carbons (Fsp3) is 0.0909. The van der Waals surface area contributed by atoms with Crippen molar-refractivity contribution in [2.24, 2.45) is 5.10 Å². The third-order valence-electron chi connectivity index (χ3n) is 1.86. The molecule has 0 aliphatic carbocycles. The first kappa shape index (κ1) is 9.45. The number of rotatable bonds is 1. The molecule has 0 aliphatic heterocycles. The van der Waals surface area contributed by atoms with Crippen LogP contribution in [0.3, 0.4) is 0 Å². The van der Waals surface area contributed by atoms with Crippen molar-refractivity contribution >= 4 is 16.9 Å². The molecule has 0 bridgehead atoms.